The quantitative estimate of drug-likeness (QED) is 0.0149. The first-order chi connectivity index (χ1) is 37.7. The SMILES string of the molecule is CC(C)(C)[Si](C)(C)OCCC=O.CC(C)Oc1ccc(C(=O)NN(CCCO)Cc2ccc(-c3cn(C)c(C(C)(C)C)n3)cc2)cc1Cl.CC(C)Oc1ccc(C(=O)NN)cc1Cl.Cn1cc(-c2ccc(C=O)cc2)nc1C(C)(C)C. The number of imidazole rings is 2. The fourth-order valence-electron chi connectivity index (χ4n) is 7.63. The Hall–Kier alpha value is -6.18. The van der Waals surface area contributed by atoms with Gasteiger partial charge in [-0.1, -0.05) is 134 Å². The highest BCUT2D eigenvalue weighted by Gasteiger charge is 2.36. The Bertz CT molecular complexity index is 2960. The molecule has 5 N–H and O–H groups in total. The molecule has 0 saturated heterocycles. The zero-order valence-electron chi connectivity index (χ0n) is 50.7. The fraction of sp³-hybridized carbons (Fsp3) is 0.452. The minimum Gasteiger partial charge on any atom is -0.489 e. The Kier molecular flexibility index (Phi) is 26.7. The Morgan fingerprint density at radius 2 is 1.16 bits per heavy atom. The monoisotopic (exact) mass is 1170 g/mol. The number of nitrogens with two attached hydrogens (primary N) is 1. The van der Waals surface area contributed by atoms with Gasteiger partial charge in [0.15, 0.2) is 8.32 Å². The predicted octanol–water partition coefficient (Wildman–Crippen LogP) is 12.9. The first-order valence-corrected chi connectivity index (χ1v) is 30.8. The average Bonchev–Trinajstić information content (AvgIpc) is 4.01. The second-order valence-electron chi connectivity index (χ2n) is 23.7. The van der Waals surface area contributed by atoms with Crippen molar-refractivity contribution < 1.29 is 38.2 Å². The van der Waals surface area contributed by atoms with Crippen LogP contribution in [0.2, 0.25) is 28.2 Å². The van der Waals surface area contributed by atoms with Gasteiger partial charge in [0.25, 0.3) is 11.8 Å². The molecule has 19 heteroatoms. The number of halogens is 2. The number of carbonyl (C=O) groups excluding carboxylic acids is 4. The van der Waals surface area contributed by atoms with E-state index in [2.05, 4.69) is 95.0 Å². The van der Waals surface area contributed by atoms with Crippen LogP contribution in [0.15, 0.2) is 97.3 Å². The molecule has 4 aromatic carbocycles. The summed E-state index contributed by atoms with van der Waals surface area (Å²) < 4.78 is 20.9. The van der Waals surface area contributed by atoms with E-state index in [0.29, 0.717) is 70.8 Å². The molecule has 2 aromatic heterocycles. The maximum absolute atomic E-state index is 12.9. The van der Waals surface area contributed by atoms with Gasteiger partial charge in [-0.15, -0.1) is 0 Å². The van der Waals surface area contributed by atoms with Gasteiger partial charge >= 0.3 is 0 Å². The van der Waals surface area contributed by atoms with Crippen molar-refractivity contribution in [3.05, 3.63) is 141 Å². The van der Waals surface area contributed by atoms with Gasteiger partial charge in [-0.25, -0.2) is 20.8 Å². The number of aromatic nitrogens is 4. The van der Waals surface area contributed by atoms with Gasteiger partial charge in [0.1, 0.15) is 35.7 Å². The molecule has 0 spiro atoms. The molecule has 81 heavy (non-hydrogen) atoms. The van der Waals surface area contributed by atoms with Crippen molar-refractivity contribution >= 4 is 55.9 Å². The summed E-state index contributed by atoms with van der Waals surface area (Å²) in [6.07, 6.45) is 6.91. The zero-order valence-corrected chi connectivity index (χ0v) is 53.2. The third kappa shape index (κ3) is 22.2. The lowest BCUT2D eigenvalue weighted by Crippen LogP contribution is -2.42. The number of nitrogens with one attached hydrogen (secondary N) is 2. The van der Waals surface area contributed by atoms with E-state index in [-0.39, 0.29) is 46.5 Å². The third-order valence-electron chi connectivity index (χ3n) is 12.7. The number of hydrogen-bond acceptors (Lipinski definition) is 12. The van der Waals surface area contributed by atoms with Gasteiger partial charge in [0, 0.05) is 97.9 Å². The van der Waals surface area contributed by atoms with Crippen LogP contribution in [-0.2, 0) is 40.7 Å². The lowest BCUT2D eigenvalue weighted by molar-refractivity contribution is -0.108. The summed E-state index contributed by atoms with van der Waals surface area (Å²) in [7, 11) is 2.43. The highest BCUT2D eigenvalue weighted by molar-refractivity contribution is 6.74. The molecule has 2 heterocycles. The van der Waals surface area contributed by atoms with Crippen LogP contribution in [-0.4, -0.2) is 93.9 Å². The number of ether oxygens (including phenoxy) is 2. The molecule has 6 aromatic rings. The van der Waals surface area contributed by atoms with Crippen LogP contribution in [0, 0.1) is 0 Å². The minimum atomic E-state index is -1.60. The number of benzene rings is 4. The number of aliphatic hydroxyl groups is 1. The van der Waals surface area contributed by atoms with Crippen molar-refractivity contribution in [1.29, 1.82) is 0 Å². The average molecular weight is 1170 g/mol. The number of hydrazine groups is 2. The lowest BCUT2D eigenvalue weighted by Gasteiger charge is -2.35. The van der Waals surface area contributed by atoms with Gasteiger partial charge < -0.3 is 32.9 Å². The van der Waals surface area contributed by atoms with E-state index < -0.39 is 8.32 Å². The van der Waals surface area contributed by atoms with Crippen LogP contribution in [0.3, 0.4) is 0 Å². The van der Waals surface area contributed by atoms with Crippen LogP contribution in [0.5, 0.6) is 11.5 Å². The molecule has 0 saturated carbocycles. The Labute approximate surface area is 492 Å². The first kappa shape index (κ1) is 69.1. The number of aliphatic hydroxyl groups excluding tert-OH is 1. The van der Waals surface area contributed by atoms with Gasteiger partial charge in [0.05, 0.1) is 33.6 Å². The molecule has 0 fully saturated rings. The molecule has 0 aliphatic heterocycles. The number of hydrogen-bond donors (Lipinski definition) is 4. The number of rotatable bonds is 19. The standard InChI is InChI=1S/C28H37ClN4O3.C15H18N2O.C10H13ClN2O2.C9H20O2Si/c1-19(2)36-25-13-12-22(16-23(25)29)26(35)31-33(14-7-15-34)17-20-8-10-21(11-9-20)24-18-32(6)27(30-24)28(3,4)5;1-15(2,3)14-16-13(9-17(14)4)12-7-5-11(10-18)6-8-12;1-6(2)15-9-4-3-7(5-8(9)11)10(14)13-12;1-9(2,3)12(4,5)11-8-6-7-10/h8-13,16,18-19,34H,7,14-15,17H2,1-6H3,(H,31,35);5-10H,1-4H3;3-6H,12H2,1-2H3,(H,13,14);7H,6,8H2,1-5H3. The van der Waals surface area contributed by atoms with Crippen molar-refractivity contribution in [1.82, 2.24) is 35.0 Å². The van der Waals surface area contributed by atoms with Gasteiger partial charge in [-0.2, -0.15) is 0 Å². The Morgan fingerprint density at radius 1 is 0.716 bits per heavy atom. The van der Waals surface area contributed by atoms with E-state index in [1.165, 1.54) is 6.07 Å². The number of aryl methyl sites for hydroxylation is 2. The number of nitrogens with zero attached hydrogens (tertiary/aromatic N) is 5. The van der Waals surface area contributed by atoms with Gasteiger partial charge in [-0.05, 0) is 94.2 Å². The first-order valence-electron chi connectivity index (χ1n) is 27.1. The molecule has 0 aliphatic carbocycles. The summed E-state index contributed by atoms with van der Waals surface area (Å²) in [4.78, 5) is 54.3. The minimum absolute atomic E-state index is 0.0132. The third-order valence-corrected chi connectivity index (χ3v) is 17.8. The molecule has 442 valence electrons. The topological polar surface area (TPSA) is 205 Å². The molecule has 16 nitrogen and oxygen atoms in total. The summed E-state index contributed by atoms with van der Waals surface area (Å²) in [6.45, 7) is 33.1. The predicted molar refractivity (Wildman–Crippen MR) is 330 cm³/mol. The smallest absolute Gasteiger partial charge is 0.265 e. The van der Waals surface area contributed by atoms with E-state index in [0.717, 1.165) is 52.3 Å². The van der Waals surface area contributed by atoms with E-state index in [1.54, 1.807) is 35.3 Å². The van der Waals surface area contributed by atoms with Crippen LogP contribution in [0.25, 0.3) is 22.5 Å². The molecule has 0 unspecified atom stereocenters. The Morgan fingerprint density at radius 3 is 1.52 bits per heavy atom. The van der Waals surface area contributed by atoms with Crippen molar-refractivity contribution in [3.63, 3.8) is 0 Å². The molecule has 6 rings (SSSR count). The van der Waals surface area contributed by atoms with Crippen molar-refractivity contribution in [2.24, 2.45) is 19.9 Å². The van der Waals surface area contributed by atoms with Crippen molar-refractivity contribution in [2.45, 2.75) is 151 Å². The fourth-order valence-corrected chi connectivity index (χ4v) is 9.14. The van der Waals surface area contributed by atoms with Crippen LogP contribution in [0.1, 0.15) is 151 Å². The van der Waals surface area contributed by atoms with Crippen LogP contribution in [0.4, 0.5) is 0 Å². The maximum Gasteiger partial charge on any atom is 0.265 e. The van der Waals surface area contributed by atoms with Crippen molar-refractivity contribution in [3.8, 4) is 34.0 Å². The number of nitrogen functional groups attached to an aromatic ring is 1. The molecule has 2 amide bonds. The van der Waals surface area contributed by atoms with E-state index >= 15 is 0 Å². The molecular formula is C62H88Cl2N8O8Si. The summed E-state index contributed by atoms with van der Waals surface area (Å²) in [5.41, 5.74) is 11.5. The largest absolute Gasteiger partial charge is 0.489 e. The summed E-state index contributed by atoms with van der Waals surface area (Å²) >= 11 is 12.2. The normalized spacial score (nSPS) is 11.7. The highest BCUT2D eigenvalue weighted by Crippen LogP contribution is 2.36. The maximum atomic E-state index is 12.9. The second kappa shape index (κ2) is 31.3. The van der Waals surface area contributed by atoms with Crippen LogP contribution < -0.4 is 26.2 Å². The number of amides is 2. The lowest BCUT2D eigenvalue weighted by atomic mass is 9.96. The number of carbonyl (C=O) groups is 4. The molecule has 0 aliphatic rings. The van der Waals surface area contributed by atoms with Crippen LogP contribution >= 0.6 is 23.2 Å². The van der Waals surface area contributed by atoms with Crippen molar-refractivity contribution in [2.75, 3.05) is 19.8 Å². The molecular weight excluding hydrogens is 1080 g/mol. The zero-order chi connectivity index (χ0) is 61.0. The Balaban J connectivity index is 0.000000318. The molecule has 0 bridgehead atoms. The van der Waals surface area contributed by atoms with Gasteiger partial charge in [-0.3, -0.25) is 25.2 Å². The van der Waals surface area contributed by atoms with Gasteiger partial charge in [0.2, 0.25) is 0 Å². The second-order valence-corrected chi connectivity index (χ2v) is 29.3. The van der Waals surface area contributed by atoms with E-state index in [9.17, 15) is 24.3 Å². The number of aldehydes is 2. The summed E-state index contributed by atoms with van der Waals surface area (Å²) in [5.74, 6) is 7.53. The van der Waals surface area contributed by atoms with E-state index in [1.807, 2.05) is 108 Å². The summed E-state index contributed by atoms with van der Waals surface area (Å²) in [6, 6.07) is 25.4. The summed E-state index contributed by atoms with van der Waals surface area (Å²) in [5, 5.41) is 12.2. The van der Waals surface area contributed by atoms with E-state index in [4.69, 9.17) is 47.9 Å². The highest BCUT2D eigenvalue weighted by atomic mass is 35.5. The molecule has 0 radical (unpaired) electrons. The molecule has 0 atom stereocenters.